The van der Waals surface area contributed by atoms with Gasteiger partial charge in [-0.2, -0.15) is 0 Å². The molecule has 0 aliphatic heterocycles. The number of amides is 4. The molecule has 0 radical (unpaired) electrons. The molecule has 4 amide bonds. The molecular formula is C51H90N6O2. The Labute approximate surface area is 363 Å². The Morgan fingerprint density at radius 3 is 1.03 bits per heavy atom. The lowest BCUT2D eigenvalue weighted by atomic mass is 10.0. The van der Waals surface area contributed by atoms with Crippen LogP contribution in [-0.2, 0) is 6.42 Å². The fraction of sp³-hybridized carbons (Fsp3) is 0.725. The van der Waals surface area contributed by atoms with E-state index in [2.05, 4.69) is 70.9 Å². The Morgan fingerprint density at radius 1 is 0.407 bits per heavy atom. The lowest BCUT2D eigenvalue weighted by Gasteiger charge is -2.22. The monoisotopic (exact) mass is 819 g/mol. The predicted octanol–water partition coefficient (Wildman–Crippen LogP) is 13.6. The van der Waals surface area contributed by atoms with Crippen LogP contribution in [0.2, 0.25) is 0 Å². The van der Waals surface area contributed by atoms with E-state index in [-0.39, 0.29) is 12.1 Å². The zero-order valence-corrected chi connectivity index (χ0v) is 38.7. The summed E-state index contributed by atoms with van der Waals surface area (Å²) in [6.07, 6.45) is 31.4. The number of nitrogens with one attached hydrogen (secondary N) is 4. The van der Waals surface area contributed by atoms with Gasteiger partial charge in [0.05, 0.1) is 0 Å². The van der Waals surface area contributed by atoms with Crippen molar-refractivity contribution in [1.29, 1.82) is 0 Å². The minimum absolute atomic E-state index is 0.156. The molecule has 8 heteroatoms. The Morgan fingerprint density at radius 2 is 0.712 bits per heavy atom. The van der Waals surface area contributed by atoms with Crippen molar-refractivity contribution in [3.05, 3.63) is 59.7 Å². The van der Waals surface area contributed by atoms with Crippen LogP contribution < -0.4 is 21.3 Å². The third kappa shape index (κ3) is 28.9. The van der Waals surface area contributed by atoms with E-state index in [1.54, 1.807) is 0 Å². The van der Waals surface area contributed by atoms with Gasteiger partial charge in [-0.3, -0.25) is 0 Å². The van der Waals surface area contributed by atoms with Crippen LogP contribution in [0.1, 0.15) is 193 Å². The highest BCUT2D eigenvalue weighted by molar-refractivity contribution is 5.90. The van der Waals surface area contributed by atoms with E-state index in [1.807, 2.05) is 36.4 Å². The Bertz CT molecular complexity index is 1180. The second kappa shape index (κ2) is 36.7. The molecule has 336 valence electrons. The topological polar surface area (TPSA) is 88.7 Å². The van der Waals surface area contributed by atoms with Gasteiger partial charge >= 0.3 is 12.1 Å². The number of hydrogen-bond donors (Lipinski definition) is 4. The van der Waals surface area contributed by atoms with Crippen LogP contribution in [0.25, 0.3) is 0 Å². The molecule has 2 aromatic rings. The molecule has 8 nitrogen and oxygen atoms in total. The fourth-order valence-corrected chi connectivity index (χ4v) is 7.86. The first-order valence-electron chi connectivity index (χ1n) is 24.7. The van der Waals surface area contributed by atoms with Crippen molar-refractivity contribution in [2.75, 3.05) is 63.0 Å². The van der Waals surface area contributed by atoms with Gasteiger partial charge in [-0.15, -0.1) is 0 Å². The van der Waals surface area contributed by atoms with Crippen LogP contribution >= 0.6 is 0 Å². The summed E-state index contributed by atoms with van der Waals surface area (Å²) in [5.74, 6) is 0. The molecule has 0 unspecified atom stereocenters. The maximum absolute atomic E-state index is 12.8. The normalized spacial score (nSPS) is 11.4. The molecule has 0 aliphatic rings. The highest BCUT2D eigenvalue weighted by atomic mass is 16.2. The summed E-state index contributed by atoms with van der Waals surface area (Å²) < 4.78 is 0. The van der Waals surface area contributed by atoms with Gasteiger partial charge in [-0.05, 0) is 132 Å². The highest BCUT2D eigenvalue weighted by Gasteiger charge is 2.09. The Balaban J connectivity index is 1.71. The number of benzene rings is 2. The van der Waals surface area contributed by atoms with Gasteiger partial charge in [0.2, 0.25) is 0 Å². The number of unbranched alkanes of at least 4 members (excludes halogenated alkanes) is 18. The van der Waals surface area contributed by atoms with E-state index >= 15 is 0 Å². The molecule has 0 bridgehead atoms. The average Bonchev–Trinajstić information content (AvgIpc) is 3.22. The van der Waals surface area contributed by atoms with Crippen molar-refractivity contribution in [3.63, 3.8) is 0 Å². The van der Waals surface area contributed by atoms with E-state index < -0.39 is 0 Å². The lowest BCUT2D eigenvalue weighted by Crippen LogP contribution is -2.31. The van der Waals surface area contributed by atoms with E-state index in [0.717, 1.165) is 61.3 Å². The molecule has 59 heavy (non-hydrogen) atoms. The number of carbonyl (C=O) groups excluding carboxylic acids is 2. The molecule has 0 saturated heterocycles. The summed E-state index contributed by atoms with van der Waals surface area (Å²) in [5, 5.41) is 12.2. The Kier molecular flexibility index (Phi) is 32.4. The molecule has 0 spiro atoms. The summed E-state index contributed by atoms with van der Waals surface area (Å²) in [6, 6.07) is 15.8. The van der Waals surface area contributed by atoms with Crippen LogP contribution in [-0.4, -0.2) is 74.2 Å². The predicted molar refractivity (Wildman–Crippen MR) is 256 cm³/mol. The van der Waals surface area contributed by atoms with Crippen molar-refractivity contribution in [3.8, 4) is 0 Å². The van der Waals surface area contributed by atoms with Crippen molar-refractivity contribution in [1.82, 2.24) is 20.4 Å². The van der Waals surface area contributed by atoms with Crippen molar-refractivity contribution in [2.45, 2.75) is 188 Å². The SMILES string of the molecule is CCCCCCCN(CCCCCCC)CCCCNC(=O)Nc1cccc(Cc2cccc(NC(=O)NCCCCN(CCCCCCC)CCCCCCC)c2)c1. The smallest absolute Gasteiger partial charge is 0.319 e. The zero-order chi connectivity index (χ0) is 42.4. The third-order valence-corrected chi connectivity index (χ3v) is 11.5. The molecule has 0 aliphatic carbocycles. The highest BCUT2D eigenvalue weighted by Crippen LogP contribution is 2.18. The van der Waals surface area contributed by atoms with Crippen molar-refractivity contribution in [2.24, 2.45) is 0 Å². The van der Waals surface area contributed by atoms with Gasteiger partial charge in [-0.1, -0.05) is 155 Å². The van der Waals surface area contributed by atoms with Crippen molar-refractivity contribution < 1.29 is 9.59 Å². The minimum Gasteiger partial charge on any atom is -0.338 e. The van der Waals surface area contributed by atoms with Gasteiger partial charge in [0.25, 0.3) is 0 Å². The van der Waals surface area contributed by atoms with E-state index in [9.17, 15) is 9.59 Å². The number of anilines is 2. The Hall–Kier alpha value is -3.10. The van der Waals surface area contributed by atoms with Gasteiger partial charge in [-0.25, -0.2) is 9.59 Å². The lowest BCUT2D eigenvalue weighted by molar-refractivity contribution is 0.247. The average molecular weight is 819 g/mol. The molecule has 2 rings (SSSR count). The maximum atomic E-state index is 12.8. The summed E-state index contributed by atoms with van der Waals surface area (Å²) in [4.78, 5) is 30.9. The number of nitrogens with zero attached hydrogens (tertiary/aromatic N) is 2. The summed E-state index contributed by atoms with van der Waals surface area (Å²) in [7, 11) is 0. The second-order valence-electron chi connectivity index (χ2n) is 17.1. The van der Waals surface area contributed by atoms with Gasteiger partial charge in [0.1, 0.15) is 0 Å². The molecule has 0 atom stereocenters. The summed E-state index contributed by atoms with van der Waals surface area (Å²) in [5.41, 5.74) is 3.77. The number of urea groups is 2. The number of rotatable bonds is 38. The molecule has 0 saturated carbocycles. The first-order chi connectivity index (χ1) is 29.0. The molecular weight excluding hydrogens is 729 g/mol. The summed E-state index contributed by atoms with van der Waals surface area (Å²) >= 11 is 0. The van der Waals surface area contributed by atoms with Crippen LogP contribution in [0.5, 0.6) is 0 Å². The van der Waals surface area contributed by atoms with E-state index in [0.29, 0.717) is 19.5 Å². The molecule has 2 aromatic carbocycles. The third-order valence-electron chi connectivity index (χ3n) is 11.5. The largest absolute Gasteiger partial charge is 0.338 e. The maximum Gasteiger partial charge on any atom is 0.319 e. The molecule has 0 heterocycles. The molecule has 0 fully saturated rings. The quantitative estimate of drug-likeness (QED) is 0.0508. The second-order valence-corrected chi connectivity index (χ2v) is 17.1. The van der Waals surface area contributed by atoms with Crippen LogP contribution in [0.4, 0.5) is 21.0 Å². The van der Waals surface area contributed by atoms with Gasteiger partial charge in [0.15, 0.2) is 0 Å². The zero-order valence-electron chi connectivity index (χ0n) is 38.7. The number of hydrogen-bond acceptors (Lipinski definition) is 4. The van der Waals surface area contributed by atoms with Gasteiger partial charge in [0, 0.05) is 24.5 Å². The number of carbonyl (C=O) groups is 2. The standard InChI is InChI=1S/C51H90N6O2/c1-5-9-13-17-23-37-56(38-24-18-14-10-6-2)41-27-21-35-52-50(58)54-48-33-29-31-46(44-48)43-47-32-30-34-49(45-47)55-51(59)53-36-22-28-42-57(39-25-19-15-11-7-3)40-26-20-16-12-8-4/h29-34,44-45H,5-28,35-43H2,1-4H3,(H2,52,54,58)(H2,53,55,59). The van der Waals surface area contributed by atoms with Crippen LogP contribution in [0.3, 0.4) is 0 Å². The first-order valence-corrected chi connectivity index (χ1v) is 24.7. The van der Waals surface area contributed by atoms with E-state index in [4.69, 9.17) is 0 Å². The van der Waals surface area contributed by atoms with Crippen molar-refractivity contribution >= 4 is 23.4 Å². The van der Waals surface area contributed by atoms with Crippen LogP contribution in [0.15, 0.2) is 48.5 Å². The fourth-order valence-electron chi connectivity index (χ4n) is 7.86. The summed E-state index contributed by atoms with van der Waals surface area (Å²) in [6.45, 7) is 17.5. The van der Waals surface area contributed by atoms with Gasteiger partial charge < -0.3 is 31.1 Å². The van der Waals surface area contributed by atoms with E-state index in [1.165, 1.54) is 155 Å². The van der Waals surface area contributed by atoms with Crippen LogP contribution in [0, 0.1) is 0 Å². The molecule has 0 aromatic heterocycles. The molecule has 4 N–H and O–H groups in total. The minimum atomic E-state index is -0.156. The first kappa shape index (κ1) is 52.0.